The number of rotatable bonds is 4. The molecule has 1 atom stereocenters. The molecular weight excluding hydrogens is 396 g/mol. The largest absolute Gasteiger partial charge is 0.348 e. The first kappa shape index (κ1) is 18.9. The number of Topliss-reactive ketones (excluding diaryl/α,β-unsaturated/α-hetero) is 1. The Morgan fingerprint density at radius 2 is 1.68 bits per heavy atom. The Balaban J connectivity index is 1.80. The maximum atomic E-state index is 13.5. The number of benzene rings is 2. The van der Waals surface area contributed by atoms with E-state index < -0.39 is 16.1 Å². The molecule has 4 rings (SSSR count). The summed E-state index contributed by atoms with van der Waals surface area (Å²) in [6.07, 6.45) is 1.96. The maximum absolute atomic E-state index is 13.5. The lowest BCUT2D eigenvalue weighted by Crippen LogP contribution is -2.42. The number of fused-ring (bicyclic) bond motifs is 1. The molecule has 1 aromatic heterocycles. The lowest BCUT2D eigenvalue weighted by molar-refractivity contribution is 0.101. The van der Waals surface area contributed by atoms with Crippen LogP contribution < -0.4 is 0 Å². The van der Waals surface area contributed by atoms with Gasteiger partial charge in [0.2, 0.25) is 10.0 Å². The maximum Gasteiger partial charge on any atom is 0.244 e. The molecule has 0 unspecified atom stereocenters. The monoisotopic (exact) mass is 414 g/mol. The molecular formula is C21H19ClN2O3S. The Kier molecular flexibility index (Phi) is 4.87. The molecule has 2 heterocycles. The highest BCUT2D eigenvalue weighted by Crippen LogP contribution is 2.36. The summed E-state index contributed by atoms with van der Waals surface area (Å²) in [4.78, 5) is 11.7. The minimum absolute atomic E-state index is 0.0983. The molecule has 144 valence electrons. The minimum atomic E-state index is -3.76. The molecule has 0 saturated heterocycles. The number of ketones is 1. The Bertz CT molecular complexity index is 1120. The number of aromatic nitrogens is 1. The molecule has 7 heteroatoms. The fourth-order valence-electron chi connectivity index (χ4n) is 3.60. The van der Waals surface area contributed by atoms with Gasteiger partial charge in [0.25, 0.3) is 0 Å². The second-order valence-electron chi connectivity index (χ2n) is 6.78. The van der Waals surface area contributed by atoms with Gasteiger partial charge in [-0.2, -0.15) is 4.31 Å². The fourth-order valence-corrected chi connectivity index (χ4v) is 5.31. The molecule has 0 saturated carbocycles. The van der Waals surface area contributed by atoms with Gasteiger partial charge in [0.05, 0.1) is 10.9 Å². The summed E-state index contributed by atoms with van der Waals surface area (Å²) in [5.74, 6) is -0.0983. The third-order valence-electron chi connectivity index (χ3n) is 5.05. The van der Waals surface area contributed by atoms with E-state index in [1.54, 1.807) is 24.3 Å². The summed E-state index contributed by atoms with van der Waals surface area (Å²) in [5.41, 5.74) is 2.26. The molecule has 0 N–H and O–H groups in total. The van der Waals surface area contributed by atoms with Gasteiger partial charge in [-0.3, -0.25) is 4.79 Å². The van der Waals surface area contributed by atoms with Crippen LogP contribution in [0.2, 0.25) is 5.02 Å². The molecule has 1 aliphatic heterocycles. The molecule has 5 nitrogen and oxygen atoms in total. The van der Waals surface area contributed by atoms with Gasteiger partial charge in [-0.25, -0.2) is 8.42 Å². The molecule has 3 aromatic rings. The van der Waals surface area contributed by atoms with Gasteiger partial charge < -0.3 is 4.57 Å². The van der Waals surface area contributed by atoms with E-state index in [1.165, 1.54) is 23.4 Å². The predicted molar refractivity (Wildman–Crippen MR) is 108 cm³/mol. The SMILES string of the molecule is CC(=O)c1ccc(S(=O)(=O)N2CCn3cccc3[C@H]2c2ccc(Cl)cc2)cc1. The van der Waals surface area contributed by atoms with Crippen molar-refractivity contribution in [3.05, 3.63) is 88.7 Å². The fraction of sp³-hybridized carbons (Fsp3) is 0.190. The van der Waals surface area contributed by atoms with Gasteiger partial charge in [0.15, 0.2) is 5.78 Å². The average molecular weight is 415 g/mol. The molecule has 0 amide bonds. The second kappa shape index (κ2) is 7.20. The van der Waals surface area contributed by atoms with E-state index in [9.17, 15) is 13.2 Å². The van der Waals surface area contributed by atoms with Crippen LogP contribution in [0.1, 0.15) is 34.6 Å². The van der Waals surface area contributed by atoms with Gasteiger partial charge in [-0.05, 0) is 48.9 Å². The van der Waals surface area contributed by atoms with Gasteiger partial charge in [-0.15, -0.1) is 0 Å². The Hall–Kier alpha value is -2.41. The molecule has 1 aliphatic rings. The van der Waals surface area contributed by atoms with E-state index in [0.717, 1.165) is 11.3 Å². The van der Waals surface area contributed by atoms with E-state index in [1.807, 2.05) is 30.5 Å². The van der Waals surface area contributed by atoms with Crippen LogP contribution in [-0.2, 0) is 16.6 Å². The van der Waals surface area contributed by atoms with Crippen LogP contribution in [0.5, 0.6) is 0 Å². The highest BCUT2D eigenvalue weighted by Gasteiger charge is 2.37. The highest BCUT2D eigenvalue weighted by molar-refractivity contribution is 7.89. The third kappa shape index (κ3) is 3.28. The van der Waals surface area contributed by atoms with Crippen molar-refractivity contribution >= 4 is 27.4 Å². The summed E-state index contributed by atoms with van der Waals surface area (Å²) >= 11 is 6.03. The molecule has 0 fully saturated rings. The van der Waals surface area contributed by atoms with Gasteiger partial charge >= 0.3 is 0 Å². The quantitative estimate of drug-likeness (QED) is 0.603. The van der Waals surface area contributed by atoms with Crippen molar-refractivity contribution in [2.45, 2.75) is 24.4 Å². The first-order chi connectivity index (χ1) is 13.4. The zero-order chi connectivity index (χ0) is 19.9. The summed E-state index contributed by atoms with van der Waals surface area (Å²) in [7, 11) is -3.76. The van der Waals surface area contributed by atoms with Crippen LogP contribution in [-0.4, -0.2) is 29.6 Å². The van der Waals surface area contributed by atoms with Crippen molar-refractivity contribution in [2.24, 2.45) is 0 Å². The first-order valence-corrected chi connectivity index (χ1v) is 10.7. The summed E-state index contributed by atoms with van der Waals surface area (Å²) in [6.45, 7) is 2.39. The highest BCUT2D eigenvalue weighted by atomic mass is 35.5. The van der Waals surface area contributed by atoms with Crippen LogP contribution >= 0.6 is 11.6 Å². The number of carbonyl (C=O) groups is 1. The van der Waals surface area contributed by atoms with Crippen LogP contribution in [0.25, 0.3) is 0 Å². The topological polar surface area (TPSA) is 59.4 Å². The Morgan fingerprint density at radius 1 is 1.00 bits per heavy atom. The van der Waals surface area contributed by atoms with Crippen molar-refractivity contribution in [2.75, 3.05) is 6.54 Å². The van der Waals surface area contributed by atoms with Crippen molar-refractivity contribution in [1.29, 1.82) is 0 Å². The number of halogens is 1. The van der Waals surface area contributed by atoms with Crippen LogP contribution in [0.4, 0.5) is 0 Å². The van der Waals surface area contributed by atoms with Crippen molar-refractivity contribution < 1.29 is 13.2 Å². The van der Waals surface area contributed by atoms with E-state index >= 15 is 0 Å². The zero-order valence-electron chi connectivity index (χ0n) is 15.2. The predicted octanol–water partition coefficient (Wildman–Crippen LogP) is 4.14. The number of carbonyl (C=O) groups excluding carboxylic acids is 1. The summed E-state index contributed by atoms with van der Waals surface area (Å²) in [6, 6.07) is 16.8. The zero-order valence-corrected chi connectivity index (χ0v) is 16.8. The number of hydrogen-bond donors (Lipinski definition) is 0. The van der Waals surface area contributed by atoms with Gasteiger partial charge in [-0.1, -0.05) is 35.9 Å². The molecule has 0 bridgehead atoms. The number of sulfonamides is 1. The van der Waals surface area contributed by atoms with Crippen molar-refractivity contribution in [1.82, 2.24) is 8.87 Å². The molecule has 0 aliphatic carbocycles. The van der Waals surface area contributed by atoms with E-state index in [0.29, 0.717) is 23.7 Å². The minimum Gasteiger partial charge on any atom is -0.348 e. The molecule has 0 radical (unpaired) electrons. The molecule has 0 spiro atoms. The average Bonchev–Trinajstić information content (AvgIpc) is 3.17. The lowest BCUT2D eigenvalue weighted by Gasteiger charge is -2.36. The molecule has 2 aromatic carbocycles. The van der Waals surface area contributed by atoms with E-state index in [2.05, 4.69) is 4.57 Å². The normalized spacial score (nSPS) is 17.3. The number of hydrogen-bond acceptors (Lipinski definition) is 3. The standard InChI is InChI=1S/C21H19ClN2O3S/c1-15(25)16-6-10-19(11-7-16)28(26,27)24-14-13-23-12-2-3-20(23)21(24)17-4-8-18(22)9-5-17/h2-12,21H,13-14H2,1H3/t21-/m1/s1. The summed E-state index contributed by atoms with van der Waals surface area (Å²) in [5, 5.41) is 0.601. The Labute approximate surface area is 169 Å². The first-order valence-electron chi connectivity index (χ1n) is 8.91. The van der Waals surface area contributed by atoms with Crippen LogP contribution in [0.15, 0.2) is 71.8 Å². The number of nitrogens with zero attached hydrogens (tertiary/aromatic N) is 2. The van der Waals surface area contributed by atoms with Gasteiger partial charge in [0.1, 0.15) is 0 Å². The second-order valence-corrected chi connectivity index (χ2v) is 9.10. The lowest BCUT2D eigenvalue weighted by atomic mass is 10.0. The summed E-state index contributed by atoms with van der Waals surface area (Å²) < 4.78 is 30.5. The van der Waals surface area contributed by atoms with Crippen LogP contribution in [0.3, 0.4) is 0 Å². The van der Waals surface area contributed by atoms with Gasteiger partial charge in [0, 0.05) is 35.6 Å². The third-order valence-corrected chi connectivity index (χ3v) is 7.18. The van der Waals surface area contributed by atoms with E-state index in [4.69, 9.17) is 11.6 Å². The molecule has 28 heavy (non-hydrogen) atoms. The van der Waals surface area contributed by atoms with E-state index in [-0.39, 0.29) is 10.7 Å². The van der Waals surface area contributed by atoms with Crippen LogP contribution in [0, 0.1) is 0 Å². The Morgan fingerprint density at radius 3 is 2.32 bits per heavy atom. The van der Waals surface area contributed by atoms with Crippen molar-refractivity contribution in [3.8, 4) is 0 Å². The van der Waals surface area contributed by atoms with Crippen molar-refractivity contribution in [3.63, 3.8) is 0 Å². The smallest absolute Gasteiger partial charge is 0.244 e.